The van der Waals surface area contributed by atoms with Crippen molar-refractivity contribution < 1.29 is 9.53 Å². The number of hydrogen-bond donors (Lipinski definition) is 3. The molecule has 0 aliphatic rings. The molecule has 0 aromatic carbocycles. The van der Waals surface area contributed by atoms with Crippen molar-refractivity contribution in [3.63, 3.8) is 0 Å². The minimum Gasteiger partial charge on any atom is -0.411 e. The van der Waals surface area contributed by atoms with E-state index in [9.17, 15) is 4.79 Å². The largest absolute Gasteiger partial charge is 0.411 e. The van der Waals surface area contributed by atoms with E-state index in [1.165, 1.54) is 6.92 Å². The highest BCUT2D eigenvalue weighted by Crippen LogP contribution is 1.95. The van der Waals surface area contributed by atoms with Gasteiger partial charge in [0.15, 0.2) is 5.90 Å². The van der Waals surface area contributed by atoms with Crippen LogP contribution in [-0.4, -0.2) is 24.5 Å². The van der Waals surface area contributed by atoms with Crippen molar-refractivity contribution in [3.8, 4) is 0 Å². The highest BCUT2D eigenvalue weighted by molar-refractivity contribution is 5.88. The molecule has 0 heterocycles. The highest BCUT2D eigenvalue weighted by Gasteiger charge is 2.14. The molecule has 0 aliphatic heterocycles. The third kappa shape index (κ3) is 9.73. The molecule has 0 saturated carbocycles. The van der Waals surface area contributed by atoms with Crippen molar-refractivity contribution in [2.45, 2.75) is 25.8 Å². The molecule has 7 heteroatoms. The molecule has 0 bridgehead atoms. The number of esters is 1. The van der Waals surface area contributed by atoms with E-state index < -0.39 is 12.0 Å². The first-order chi connectivity index (χ1) is 5.57. The van der Waals surface area contributed by atoms with E-state index in [4.69, 9.17) is 16.9 Å². The van der Waals surface area contributed by atoms with Crippen LogP contribution >= 0.6 is 24.8 Å². The minimum atomic E-state index is -0.658. The van der Waals surface area contributed by atoms with Crippen molar-refractivity contribution in [2.75, 3.05) is 6.54 Å². The molecule has 0 fully saturated rings. The summed E-state index contributed by atoms with van der Waals surface area (Å²) in [4.78, 5) is 10.9. The standard InChI is InChI=1S/C7H15N3O2.2ClH/c1-5(9)12-7(11)6(10)3-2-4-8;;/h6,9H,2-4,8,10H2,1H3;2*1H/t6-;;/m1../s1. The van der Waals surface area contributed by atoms with Gasteiger partial charge >= 0.3 is 5.97 Å². The fourth-order valence-corrected chi connectivity index (χ4v) is 0.682. The second-order valence-corrected chi connectivity index (χ2v) is 2.51. The molecule has 0 aromatic rings. The number of rotatable bonds is 4. The Balaban J connectivity index is -0.000000605. The van der Waals surface area contributed by atoms with Crippen molar-refractivity contribution >= 4 is 36.7 Å². The summed E-state index contributed by atoms with van der Waals surface area (Å²) in [6.45, 7) is 1.89. The van der Waals surface area contributed by atoms with Crippen LogP contribution in [0.15, 0.2) is 0 Å². The maximum atomic E-state index is 10.9. The number of nitrogens with one attached hydrogen (secondary N) is 1. The van der Waals surface area contributed by atoms with Gasteiger partial charge in [-0.05, 0) is 19.4 Å². The molecule has 0 unspecified atom stereocenters. The first-order valence-corrected chi connectivity index (χ1v) is 3.80. The van der Waals surface area contributed by atoms with Crippen LogP contribution in [0.2, 0.25) is 0 Å². The fourth-order valence-electron chi connectivity index (χ4n) is 0.682. The first kappa shape index (κ1) is 19.2. The molecule has 0 aliphatic carbocycles. The van der Waals surface area contributed by atoms with Gasteiger partial charge in [-0.15, -0.1) is 24.8 Å². The van der Waals surface area contributed by atoms with Gasteiger partial charge in [-0.1, -0.05) is 0 Å². The Morgan fingerprint density at radius 2 is 2.00 bits per heavy atom. The predicted octanol–water partition coefficient (Wildman–Crippen LogP) is 0.437. The smallest absolute Gasteiger partial charge is 0.329 e. The van der Waals surface area contributed by atoms with Crippen LogP contribution in [0.1, 0.15) is 19.8 Å². The Morgan fingerprint density at radius 1 is 1.50 bits per heavy atom. The molecule has 0 radical (unpaired) electrons. The van der Waals surface area contributed by atoms with Gasteiger partial charge in [0, 0.05) is 6.92 Å². The van der Waals surface area contributed by atoms with E-state index in [1.807, 2.05) is 0 Å². The van der Waals surface area contributed by atoms with E-state index in [0.717, 1.165) is 0 Å². The summed E-state index contributed by atoms with van der Waals surface area (Å²) in [7, 11) is 0. The van der Waals surface area contributed by atoms with Crippen LogP contribution in [0.25, 0.3) is 0 Å². The van der Waals surface area contributed by atoms with Crippen LogP contribution in [0.3, 0.4) is 0 Å². The van der Waals surface area contributed by atoms with E-state index in [0.29, 0.717) is 19.4 Å². The molecular formula is C7H17Cl2N3O2. The van der Waals surface area contributed by atoms with Gasteiger partial charge in [-0.3, -0.25) is 5.41 Å². The van der Waals surface area contributed by atoms with Gasteiger partial charge in [0.25, 0.3) is 0 Å². The second kappa shape index (κ2) is 10.7. The van der Waals surface area contributed by atoms with Crippen molar-refractivity contribution in [1.82, 2.24) is 0 Å². The number of carbonyl (C=O) groups excluding carboxylic acids is 1. The molecule has 5 nitrogen and oxygen atoms in total. The molecular weight excluding hydrogens is 229 g/mol. The summed E-state index contributed by atoms with van der Waals surface area (Å²) < 4.78 is 4.49. The SMILES string of the molecule is CC(=N)OC(=O)[C@H](N)CCCN.Cl.Cl. The summed E-state index contributed by atoms with van der Waals surface area (Å²) in [5, 5.41) is 6.87. The monoisotopic (exact) mass is 245 g/mol. The Kier molecular flexibility index (Phi) is 14.7. The molecule has 0 aromatic heterocycles. The molecule has 0 amide bonds. The molecule has 0 rings (SSSR count). The summed E-state index contributed by atoms with van der Waals surface area (Å²) in [5.74, 6) is -0.695. The van der Waals surface area contributed by atoms with Crippen LogP contribution in [-0.2, 0) is 9.53 Å². The first-order valence-electron chi connectivity index (χ1n) is 3.80. The average Bonchev–Trinajstić information content (AvgIpc) is 1.98. The van der Waals surface area contributed by atoms with E-state index in [2.05, 4.69) is 4.74 Å². The molecule has 1 atom stereocenters. The van der Waals surface area contributed by atoms with Gasteiger partial charge < -0.3 is 16.2 Å². The lowest BCUT2D eigenvalue weighted by molar-refractivity contribution is -0.137. The summed E-state index contributed by atoms with van der Waals surface area (Å²) in [6.07, 6.45) is 1.19. The zero-order valence-corrected chi connectivity index (χ0v) is 9.62. The van der Waals surface area contributed by atoms with Gasteiger partial charge in [0.2, 0.25) is 0 Å². The second-order valence-electron chi connectivity index (χ2n) is 2.51. The zero-order valence-electron chi connectivity index (χ0n) is 7.99. The van der Waals surface area contributed by atoms with Crippen molar-refractivity contribution in [1.29, 1.82) is 5.41 Å². The number of ether oxygens (including phenoxy) is 1. The summed E-state index contributed by atoms with van der Waals surface area (Å²) in [6, 6.07) is -0.658. The van der Waals surface area contributed by atoms with Gasteiger partial charge in [-0.2, -0.15) is 0 Å². The maximum absolute atomic E-state index is 10.9. The van der Waals surface area contributed by atoms with Crippen molar-refractivity contribution in [2.24, 2.45) is 11.5 Å². The number of hydrogen-bond acceptors (Lipinski definition) is 5. The van der Waals surface area contributed by atoms with Gasteiger partial charge in [-0.25, -0.2) is 4.79 Å². The van der Waals surface area contributed by atoms with Gasteiger partial charge in [0.05, 0.1) is 0 Å². The third-order valence-electron chi connectivity index (χ3n) is 1.28. The lowest BCUT2D eigenvalue weighted by atomic mass is 10.2. The lowest BCUT2D eigenvalue weighted by Gasteiger charge is -2.08. The predicted molar refractivity (Wildman–Crippen MR) is 60.3 cm³/mol. The highest BCUT2D eigenvalue weighted by atomic mass is 35.5. The molecule has 5 N–H and O–H groups in total. The summed E-state index contributed by atoms with van der Waals surface area (Å²) in [5.41, 5.74) is 10.7. The molecule has 0 saturated heterocycles. The molecule has 0 spiro atoms. The van der Waals surface area contributed by atoms with E-state index >= 15 is 0 Å². The summed E-state index contributed by atoms with van der Waals surface area (Å²) >= 11 is 0. The van der Waals surface area contributed by atoms with Crippen LogP contribution in [0, 0.1) is 5.41 Å². The Bertz CT molecular complexity index is 178. The van der Waals surface area contributed by atoms with Crippen LogP contribution in [0.4, 0.5) is 0 Å². The number of nitrogens with two attached hydrogens (primary N) is 2. The number of halogens is 2. The quantitative estimate of drug-likeness (QED) is 0.380. The third-order valence-corrected chi connectivity index (χ3v) is 1.28. The van der Waals surface area contributed by atoms with Crippen LogP contribution in [0.5, 0.6) is 0 Å². The van der Waals surface area contributed by atoms with E-state index in [1.54, 1.807) is 0 Å². The Labute approximate surface area is 95.9 Å². The number of carbonyl (C=O) groups is 1. The zero-order chi connectivity index (χ0) is 9.56. The molecule has 14 heavy (non-hydrogen) atoms. The van der Waals surface area contributed by atoms with E-state index in [-0.39, 0.29) is 30.7 Å². The van der Waals surface area contributed by atoms with Crippen LogP contribution < -0.4 is 11.5 Å². The Hall–Kier alpha value is -0.360. The lowest BCUT2D eigenvalue weighted by Crippen LogP contribution is -2.33. The minimum absolute atomic E-state index is 0. The average molecular weight is 246 g/mol. The Morgan fingerprint density at radius 3 is 2.36 bits per heavy atom. The van der Waals surface area contributed by atoms with Gasteiger partial charge in [0.1, 0.15) is 6.04 Å². The normalized spacial score (nSPS) is 10.5. The molecule has 86 valence electrons. The maximum Gasteiger partial charge on any atom is 0.329 e. The fraction of sp³-hybridized carbons (Fsp3) is 0.714. The van der Waals surface area contributed by atoms with Crippen molar-refractivity contribution in [3.05, 3.63) is 0 Å². The topological polar surface area (TPSA) is 102 Å².